The van der Waals surface area contributed by atoms with Crippen molar-refractivity contribution >= 4 is 0 Å². The second-order valence-corrected chi connectivity index (χ2v) is 10.5. The molecule has 0 nitrogen and oxygen atoms in total. The average molecular weight is 353 g/mol. The minimum Gasteiger partial charge on any atom is -0.0628 e. The van der Waals surface area contributed by atoms with Crippen molar-refractivity contribution in [2.45, 2.75) is 138 Å². The molecule has 0 spiro atoms. The topological polar surface area (TPSA) is 0 Å². The fourth-order valence-electron chi connectivity index (χ4n) is 3.96. The molecule has 0 aromatic heterocycles. The van der Waals surface area contributed by atoms with E-state index in [1.807, 2.05) is 0 Å². The van der Waals surface area contributed by atoms with Crippen molar-refractivity contribution in [3.05, 3.63) is 0 Å². The van der Waals surface area contributed by atoms with Gasteiger partial charge < -0.3 is 0 Å². The molecule has 0 saturated heterocycles. The van der Waals surface area contributed by atoms with Gasteiger partial charge in [0.15, 0.2) is 0 Å². The van der Waals surface area contributed by atoms with Crippen LogP contribution in [0.3, 0.4) is 0 Å². The van der Waals surface area contributed by atoms with Gasteiger partial charge in [0.25, 0.3) is 0 Å². The molecule has 0 aromatic carbocycles. The van der Waals surface area contributed by atoms with Crippen LogP contribution in [-0.4, -0.2) is 0 Å². The number of unbranched alkanes of at least 4 members (excludes halogenated alkanes) is 8. The Morgan fingerprint density at radius 1 is 0.440 bits per heavy atom. The van der Waals surface area contributed by atoms with Crippen LogP contribution in [0.25, 0.3) is 0 Å². The van der Waals surface area contributed by atoms with E-state index in [2.05, 4.69) is 48.5 Å². The second-order valence-electron chi connectivity index (χ2n) is 10.5. The van der Waals surface area contributed by atoms with Gasteiger partial charge in [-0.05, 0) is 36.0 Å². The molecule has 25 heavy (non-hydrogen) atoms. The first-order valence-corrected chi connectivity index (χ1v) is 11.7. The first kappa shape index (κ1) is 25.0. The third-order valence-electron chi connectivity index (χ3n) is 5.89. The lowest BCUT2D eigenvalue weighted by Crippen LogP contribution is -2.20. The first-order valence-electron chi connectivity index (χ1n) is 11.7. The zero-order chi connectivity index (χ0) is 19.1. The largest absolute Gasteiger partial charge is 0.0628 e. The molecule has 0 aliphatic heterocycles. The Labute approximate surface area is 161 Å². The lowest BCUT2D eigenvalue weighted by molar-refractivity contribution is 0.201. The maximum absolute atomic E-state index is 2.46. The van der Waals surface area contributed by atoms with Crippen LogP contribution in [0.2, 0.25) is 0 Å². The van der Waals surface area contributed by atoms with Gasteiger partial charge in [0.05, 0.1) is 0 Å². The Morgan fingerprint density at radius 2 is 0.720 bits per heavy atom. The number of rotatable bonds is 16. The lowest BCUT2D eigenvalue weighted by Gasteiger charge is -2.31. The molecule has 0 unspecified atom stereocenters. The minimum atomic E-state index is 0.495. The molecule has 0 aliphatic rings. The quantitative estimate of drug-likeness (QED) is 0.243. The molecular weight excluding hydrogens is 300 g/mol. The van der Waals surface area contributed by atoms with Crippen molar-refractivity contribution < 1.29 is 0 Å². The molecule has 0 heteroatoms. The highest BCUT2D eigenvalue weighted by Gasteiger charge is 2.23. The van der Waals surface area contributed by atoms with Gasteiger partial charge in [0, 0.05) is 0 Å². The maximum atomic E-state index is 2.46. The maximum Gasteiger partial charge on any atom is -0.0354 e. The summed E-state index contributed by atoms with van der Waals surface area (Å²) < 4.78 is 0. The highest BCUT2D eigenvalue weighted by atomic mass is 14.3. The first-order chi connectivity index (χ1) is 11.7. The van der Waals surface area contributed by atoms with Crippen LogP contribution in [0.1, 0.15) is 138 Å². The van der Waals surface area contributed by atoms with Crippen LogP contribution in [0, 0.1) is 23.2 Å². The van der Waals surface area contributed by atoms with Crippen molar-refractivity contribution in [1.82, 2.24) is 0 Å². The van der Waals surface area contributed by atoms with Gasteiger partial charge in [-0.15, -0.1) is 0 Å². The van der Waals surface area contributed by atoms with Crippen LogP contribution in [0.15, 0.2) is 0 Å². The molecule has 0 aromatic rings. The predicted molar refractivity (Wildman–Crippen MR) is 117 cm³/mol. The van der Waals surface area contributed by atoms with E-state index >= 15 is 0 Å². The molecule has 0 radical (unpaired) electrons. The van der Waals surface area contributed by atoms with Crippen molar-refractivity contribution in [3.63, 3.8) is 0 Å². The molecule has 0 N–H and O–H groups in total. The summed E-state index contributed by atoms with van der Waals surface area (Å²) in [5.41, 5.74) is 0.495. The predicted octanol–water partition coefficient (Wildman–Crippen LogP) is 9.42. The summed E-state index contributed by atoms with van der Waals surface area (Å²) in [6.45, 7) is 16.8. The molecule has 0 fully saturated rings. The van der Waals surface area contributed by atoms with E-state index in [0.29, 0.717) is 5.41 Å². The van der Waals surface area contributed by atoms with Gasteiger partial charge in [0.1, 0.15) is 0 Å². The zero-order valence-electron chi connectivity index (χ0n) is 19.1. The summed E-state index contributed by atoms with van der Waals surface area (Å²) in [7, 11) is 0. The molecule has 0 aliphatic carbocycles. The monoisotopic (exact) mass is 352 g/mol. The fraction of sp³-hybridized carbons (Fsp3) is 1.00. The van der Waals surface area contributed by atoms with Gasteiger partial charge in [-0.3, -0.25) is 0 Å². The molecule has 0 atom stereocenters. The average Bonchev–Trinajstić information content (AvgIpc) is 2.49. The van der Waals surface area contributed by atoms with Crippen molar-refractivity contribution in [2.75, 3.05) is 0 Å². The normalized spacial score (nSPS) is 12.7. The Bertz CT molecular complexity index is 246. The lowest BCUT2D eigenvalue weighted by atomic mass is 9.75. The highest BCUT2D eigenvalue weighted by molar-refractivity contribution is 4.74. The summed E-state index contributed by atoms with van der Waals surface area (Å²) in [5, 5.41) is 0. The highest BCUT2D eigenvalue weighted by Crippen LogP contribution is 2.34. The Morgan fingerprint density at radius 3 is 1.00 bits per heavy atom. The van der Waals surface area contributed by atoms with E-state index in [1.165, 1.54) is 89.9 Å². The van der Waals surface area contributed by atoms with Gasteiger partial charge in [-0.25, -0.2) is 0 Å². The number of hydrogen-bond acceptors (Lipinski definition) is 0. The molecule has 0 rings (SSSR count). The summed E-state index contributed by atoms with van der Waals surface area (Å²) in [6.07, 6.45) is 20.3. The summed E-state index contributed by atoms with van der Waals surface area (Å²) in [5.74, 6) is 2.70. The van der Waals surface area contributed by atoms with E-state index < -0.39 is 0 Å². The summed E-state index contributed by atoms with van der Waals surface area (Å²) in [4.78, 5) is 0. The Kier molecular flexibility index (Phi) is 15.1. The summed E-state index contributed by atoms with van der Waals surface area (Å²) in [6, 6.07) is 0. The molecular formula is C25H52. The van der Waals surface area contributed by atoms with E-state index in [0.717, 1.165) is 17.8 Å². The molecule has 0 bridgehead atoms. The van der Waals surface area contributed by atoms with Crippen LogP contribution in [0.4, 0.5) is 0 Å². The molecule has 0 amide bonds. The molecule has 0 heterocycles. The van der Waals surface area contributed by atoms with Crippen LogP contribution in [-0.2, 0) is 0 Å². The fourth-order valence-corrected chi connectivity index (χ4v) is 3.96. The van der Waals surface area contributed by atoms with Gasteiger partial charge in [0.2, 0.25) is 0 Å². The molecule has 0 saturated carbocycles. The van der Waals surface area contributed by atoms with E-state index in [-0.39, 0.29) is 0 Å². The van der Waals surface area contributed by atoms with Gasteiger partial charge in [-0.2, -0.15) is 0 Å². The standard InChI is InChI=1S/C25H52/c1-22(2)18-14-10-8-12-16-20-24(25(5,6)7)21-17-13-9-11-15-19-23(3)4/h22-24H,8-21H2,1-7H3. The third kappa shape index (κ3) is 17.2. The molecule has 152 valence electrons. The second kappa shape index (κ2) is 15.1. The van der Waals surface area contributed by atoms with Crippen molar-refractivity contribution in [1.29, 1.82) is 0 Å². The Balaban J connectivity index is 3.73. The van der Waals surface area contributed by atoms with Crippen molar-refractivity contribution in [2.24, 2.45) is 23.2 Å². The minimum absolute atomic E-state index is 0.495. The SMILES string of the molecule is CC(C)CCCCCCCC(CCCCCCCC(C)C)C(C)(C)C. The van der Waals surface area contributed by atoms with Crippen LogP contribution >= 0.6 is 0 Å². The van der Waals surface area contributed by atoms with Crippen LogP contribution in [0.5, 0.6) is 0 Å². The van der Waals surface area contributed by atoms with Crippen molar-refractivity contribution in [3.8, 4) is 0 Å². The summed E-state index contributed by atoms with van der Waals surface area (Å²) >= 11 is 0. The van der Waals surface area contributed by atoms with Gasteiger partial charge >= 0.3 is 0 Å². The van der Waals surface area contributed by atoms with Crippen LogP contribution < -0.4 is 0 Å². The van der Waals surface area contributed by atoms with E-state index in [9.17, 15) is 0 Å². The third-order valence-corrected chi connectivity index (χ3v) is 5.89. The van der Waals surface area contributed by atoms with Gasteiger partial charge in [-0.1, -0.05) is 126 Å². The van der Waals surface area contributed by atoms with E-state index in [4.69, 9.17) is 0 Å². The smallest absolute Gasteiger partial charge is 0.0354 e. The number of hydrogen-bond donors (Lipinski definition) is 0. The van der Waals surface area contributed by atoms with E-state index in [1.54, 1.807) is 0 Å². The zero-order valence-corrected chi connectivity index (χ0v) is 19.1. The Hall–Kier alpha value is 0.